The van der Waals surface area contributed by atoms with E-state index in [1.165, 1.54) is 0 Å². The number of nitrogens with one attached hydrogen (secondary N) is 1. The Balaban J connectivity index is 0. The Morgan fingerprint density at radius 3 is 2.19 bits per heavy atom. The number of carbonyl (C=O) groups excluding carboxylic acids is 1. The van der Waals surface area contributed by atoms with Crippen LogP contribution in [0.2, 0.25) is 0 Å². The molecule has 0 aromatic carbocycles. The van der Waals surface area contributed by atoms with Crippen molar-refractivity contribution in [2.75, 3.05) is 13.2 Å². The summed E-state index contributed by atoms with van der Waals surface area (Å²) in [5, 5.41) is 11.5. The van der Waals surface area contributed by atoms with E-state index in [0.717, 1.165) is 18.5 Å². The highest BCUT2D eigenvalue weighted by atomic mass is 16.5. The first-order valence-corrected chi connectivity index (χ1v) is 5.63. The van der Waals surface area contributed by atoms with Crippen molar-refractivity contribution in [3.63, 3.8) is 0 Å². The maximum Gasteiger partial charge on any atom is 0.293 e. The van der Waals surface area contributed by atoms with Crippen LogP contribution in [0.5, 0.6) is 0 Å². The molecule has 0 saturated carbocycles. The fraction of sp³-hybridized carbons (Fsp3) is 0.750. The predicted molar refractivity (Wildman–Crippen MR) is 66.0 cm³/mol. The first kappa shape index (κ1) is 17.4. The zero-order valence-electron chi connectivity index (χ0n) is 11.0. The van der Waals surface area contributed by atoms with Gasteiger partial charge in [-0.25, -0.2) is 0 Å². The van der Waals surface area contributed by atoms with Crippen molar-refractivity contribution in [2.24, 2.45) is 0 Å². The number of ether oxygens (including phenoxy) is 1. The second-order valence-corrected chi connectivity index (χ2v) is 3.99. The Kier molecular flexibility index (Phi) is 11.4. The molecule has 0 amide bonds. The Morgan fingerprint density at radius 2 is 2.06 bits per heavy atom. The van der Waals surface area contributed by atoms with Crippen LogP contribution >= 0.6 is 0 Å². The van der Waals surface area contributed by atoms with Gasteiger partial charge in [0.05, 0.1) is 6.61 Å². The van der Waals surface area contributed by atoms with Crippen LogP contribution in [-0.2, 0) is 9.53 Å². The van der Waals surface area contributed by atoms with Gasteiger partial charge in [0, 0.05) is 6.54 Å². The molecule has 0 aliphatic carbocycles. The molecule has 2 N–H and O–H groups in total. The van der Waals surface area contributed by atoms with E-state index in [4.69, 9.17) is 5.11 Å². The van der Waals surface area contributed by atoms with E-state index >= 15 is 0 Å². The van der Waals surface area contributed by atoms with Crippen molar-refractivity contribution < 1.29 is 14.6 Å². The Hall–Kier alpha value is -1.03. The topological polar surface area (TPSA) is 58.6 Å². The van der Waals surface area contributed by atoms with Crippen molar-refractivity contribution in [2.45, 2.75) is 46.6 Å². The zero-order valence-corrected chi connectivity index (χ0v) is 11.0. The molecule has 0 unspecified atom stereocenters. The molecular formula is C12H25NO3. The van der Waals surface area contributed by atoms with Gasteiger partial charge in [-0.15, -0.1) is 0 Å². The minimum absolute atomic E-state index is 0.215. The highest BCUT2D eigenvalue weighted by Gasteiger charge is 2.07. The van der Waals surface area contributed by atoms with Gasteiger partial charge in [0.2, 0.25) is 0 Å². The molecule has 1 rings (SSSR count). The van der Waals surface area contributed by atoms with E-state index in [1.54, 1.807) is 0 Å². The van der Waals surface area contributed by atoms with Gasteiger partial charge in [-0.1, -0.05) is 13.8 Å². The third-order valence-electron chi connectivity index (χ3n) is 1.50. The number of hydrogen-bond donors (Lipinski definition) is 2. The molecule has 0 aromatic heterocycles. The van der Waals surface area contributed by atoms with Crippen LogP contribution in [0.4, 0.5) is 0 Å². The standard InChI is InChI=1S/C5H9NO.C5H10O2.C2H6/c7-4-5-1-2-6-3-5;1-5(2,3)7-4-6;1-2/h3,6-7H,1-2,4H2;4H,1-3H3;1-2H3. The second kappa shape index (κ2) is 10.5. The SMILES string of the molecule is CC.CC(C)(C)OC=O.OCC1=CNCC1. The van der Waals surface area contributed by atoms with E-state index in [-0.39, 0.29) is 12.2 Å². The van der Waals surface area contributed by atoms with Crippen LogP contribution in [0.3, 0.4) is 0 Å². The lowest BCUT2D eigenvalue weighted by atomic mass is 10.2. The van der Waals surface area contributed by atoms with Crippen molar-refractivity contribution in [1.29, 1.82) is 0 Å². The summed E-state index contributed by atoms with van der Waals surface area (Å²) in [6, 6.07) is 0. The normalized spacial score (nSPS) is 13.2. The molecule has 4 heteroatoms. The van der Waals surface area contributed by atoms with Gasteiger partial charge in [0.15, 0.2) is 0 Å². The summed E-state index contributed by atoms with van der Waals surface area (Å²) in [6.45, 7) is 11.1. The molecule has 0 saturated heterocycles. The number of carbonyl (C=O) groups is 1. The van der Waals surface area contributed by atoms with E-state index in [1.807, 2.05) is 40.8 Å². The molecule has 16 heavy (non-hydrogen) atoms. The highest BCUT2D eigenvalue weighted by molar-refractivity contribution is 5.37. The van der Waals surface area contributed by atoms with Gasteiger partial charge in [-0.2, -0.15) is 0 Å². The molecule has 96 valence electrons. The highest BCUT2D eigenvalue weighted by Crippen LogP contribution is 2.02. The second-order valence-electron chi connectivity index (χ2n) is 3.99. The lowest BCUT2D eigenvalue weighted by Gasteiger charge is -2.14. The average molecular weight is 231 g/mol. The lowest BCUT2D eigenvalue weighted by Crippen LogP contribution is -2.17. The molecule has 0 aromatic rings. The molecule has 0 fully saturated rings. The lowest BCUT2D eigenvalue weighted by molar-refractivity contribution is -0.138. The van der Waals surface area contributed by atoms with Gasteiger partial charge >= 0.3 is 0 Å². The van der Waals surface area contributed by atoms with Crippen LogP contribution < -0.4 is 5.32 Å². The van der Waals surface area contributed by atoms with Crippen molar-refractivity contribution in [1.82, 2.24) is 5.32 Å². The van der Waals surface area contributed by atoms with Crippen molar-refractivity contribution in [3.05, 3.63) is 11.8 Å². The van der Waals surface area contributed by atoms with Gasteiger partial charge < -0.3 is 15.2 Å². The van der Waals surface area contributed by atoms with E-state index < -0.39 is 0 Å². The number of hydrogen-bond acceptors (Lipinski definition) is 4. The zero-order chi connectivity index (χ0) is 13.0. The maximum absolute atomic E-state index is 9.60. The fourth-order valence-electron chi connectivity index (χ4n) is 0.790. The van der Waals surface area contributed by atoms with Crippen LogP contribution in [0, 0.1) is 0 Å². The molecule has 0 radical (unpaired) electrons. The monoisotopic (exact) mass is 231 g/mol. The van der Waals surface area contributed by atoms with Crippen LogP contribution in [0.25, 0.3) is 0 Å². The summed E-state index contributed by atoms with van der Waals surface area (Å²) in [6.07, 6.45) is 2.89. The molecule has 1 heterocycles. The van der Waals surface area contributed by atoms with Gasteiger partial charge in [0.25, 0.3) is 6.47 Å². The molecule has 1 aliphatic heterocycles. The minimum atomic E-state index is -0.318. The van der Waals surface area contributed by atoms with Gasteiger partial charge in [0.1, 0.15) is 5.60 Å². The third kappa shape index (κ3) is 13.0. The summed E-state index contributed by atoms with van der Waals surface area (Å²) in [5.74, 6) is 0. The first-order valence-electron chi connectivity index (χ1n) is 5.63. The minimum Gasteiger partial charge on any atom is -0.462 e. The van der Waals surface area contributed by atoms with Crippen LogP contribution in [0.15, 0.2) is 11.8 Å². The molecule has 0 spiro atoms. The molecule has 0 atom stereocenters. The third-order valence-corrected chi connectivity index (χ3v) is 1.50. The van der Waals surface area contributed by atoms with Crippen molar-refractivity contribution in [3.8, 4) is 0 Å². The molecule has 0 bridgehead atoms. The van der Waals surface area contributed by atoms with Gasteiger partial charge in [-0.05, 0) is 39.0 Å². The smallest absolute Gasteiger partial charge is 0.293 e. The Bertz CT molecular complexity index is 195. The number of aliphatic hydroxyl groups is 1. The number of aliphatic hydroxyl groups excluding tert-OH is 1. The quantitative estimate of drug-likeness (QED) is 0.712. The first-order chi connectivity index (χ1) is 7.49. The number of rotatable bonds is 2. The summed E-state index contributed by atoms with van der Waals surface area (Å²) >= 11 is 0. The van der Waals surface area contributed by atoms with E-state index in [0.29, 0.717) is 6.47 Å². The Labute approximate surface area is 98.7 Å². The average Bonchev–Trinajstić information content (AvgIpc) is 2.72. The summed E-state index contributed by atoms with van der Waals surface area (Å²) in [7, 11) is 0. The fourth-order valence-corrected chi connectivity index (χ4v) is 0.790. The molecular weight excluding hydrogens is 206 g/mol. The summed E-state index contributed by atoms with van der Waals surface area (Å²) in [5.41, 5.74) is 0.793. The molecule has 4 nitrogen and oxygen atoms in total. The molecule has 1 aliphatic rings. The summed E-state index contributed by atoms with van der Waals surface area (Å²) in [4.78, 5) is 9.60. The van der Waals surface area contributed by atoms with E-state index in [9.17, 15) is 4.79 Å². The largest absolute Gasteiger partial charge is 0.462 e. The summed E-state index contributed by atoms with van der Waals surface area (Å²) < 4.78 is 4.55. The van der Waals surface area contributed by atoms with Gasteiger partial charge in [-0.3, -0.25) is 4.79 Å². The predicted octanol–water partition coefficient (Wildman–Crippen LogP) is 1.84. The maximum atomic E-state index is 9.60. The van der Waals surface area contributed by atoms with Crippen LogP contribution in [0.1, 0.15) is 41.0 Å². The van der Waals surface area contributed by atoms with Crippen molar-refractivity contribution >= 4 is 6.47 Å². The van der Waals surface area contributed by atoms with Crippen LogP contribution in [-0.4, -0.2) is 30.3 Å². The van der Waals surface area contributed by atoms with E-state index in [2.05, 4.69) is 10.1 Å². The Morgan fingerprint density at radius 1 is 1.50 bits per heavy atom.